The highest BCUT2D eigenvalue weighted by atomic mass is 16.3. The number of hydrogen-bond donors (Lipinski definition) is 3. The predicted molar refractivity (Wildman–Crippen MR) is 123 cm³/mol. The average molecular weight is 417 g/mol. The quantitative estimate of drug-likeness (QED) is 0.455. The van der Waals surface area contributed by atoms with Crippen LogP contribution >= 0.6 is 0 Å². The molecular weight excluding hydrogens is 390 g/mol. The van der Waals surface area contributed by atoms with Gasteiger partial charge in [0.05, 0.1) is 11.9 Å². The van der Waals surface area contributed by atoms with E-state index in [1.165, 1.54) is 12.3 Å². The molecule has 6 heteroatoms. The Hall–Kier alpha value is -3.64. The molecule has 0 saturated heterocycles. The Bertz CT molecular complexity index is 1090. The number of aromatic nitrogens is 1. The van der Waals surface area contributed by atoms with Gasteiger partial charge in [0, 0.05) is 17.2 Å². The topological polar surface area (TPSA) is 94.2 Å². The SMILES string of the molecule is CC/C=C(/c1ccc(C)cc1C)C([O])Nc1cnc(NC(=O)c2ccccc2)c(O)c1. The molecule has 1 atom stereocenters. The van der Waals surface area contributed by atoms with E-state index in [1.54, 1.807) is 24.3 Å². The van der Waals surface area contributed by atoms with Crippen molar-refractivity contribution >= 4 is 23.0 Å². The third-order valence-electron chi connectivity index (χ3n) is 4.83. The van der Waals surface area contributed by atoms with E-state index in [2.05, 4.69) is 15.6 Å². The van der Waals surface area contributed by atoms with Crippen LogP contribution in [0.4, 0.5) is 11.5 Å². The third kappa shape index (κ3) is 5.49. The summed E-state index contributed by atoms with van der Waals surface area (Å²) in [5, 5.41) is 28.8. The number of hydrogen-bond acceptors (Lipinski definition) is 4. The van der Waals surface area contributed by atoms with Crippen molar-refractivity contribution < 1.29 is 15.0 Å². The first-order valence-corrected chi connectivity index (χ1v) is 10.1. The second-order valence-corrected chi connectivity index (χ2v) is 7.32. The Kier molecular flexibility index (Phi) is 7.05. The minimum atomic E-state index is -1.24. The number of aromatic hydroxyl groups is 1. The predicted octanol–water partition coefficient (Wildman–Crippen LogP) is 5.32. The van der Waals surface area contributed by atoms with Gasteiger partial charge in [0.1, 0.15) is 0 Å². The normalized spacial score (nSPS) is 12.3. The average Bonchev–Trinajstić information content (AvgIpc) is 2.75. The number of pyridine rings is 1. The van der Waals surface area contributed by atoms with Crippen LogP contribution in [0.15, 0.2) is 66.9 Å². The van der Waals surface area contributed by atoms with Crippen LogP contribution in [0.1, 0.15) is 40.4 Å². The van der Waals surface area contributed by atoms with Gasteiger partial charge in [0.25, 0.3) is 5.91 Å². The zero-order valence-corrected chi connectivity index (χ0v) is 17.8. The molecule has 3 N–H and O–H groups in total. The van der Waals surface area contributed by atoms with Gasteiger partial charge in [-0.3, -0.25) is 4.79 Å². The minimum Gasteiger partial charge on any atom is -0.504 e. The number of carbonyl (C=O) groups excluding carboxylic acids is 1. The van der Waals surface area contributed by atoms with Gasteiger partial charge in [0.2, 0.25) is 0 Å². The van der Waals surface area contributed by atoms with E-state index in [9.17, 15) is 15.0 Å². The van der Waals surface area contributed by atoms with E-state index in [4.69, 9.17) is 0 Å². The highest BCUT2D eigenvalue weighted by Gasteiger charge is 2.18. The molecule has 3 aromatic rings. The van der Waals surface area contributed by atoms with Crippen LogP contribution in [-0.2, 0) is 5.11 Å². The first kappa shape index (κ1) is 22.1. The van der Waals surface area contributed by atoms with Gasteiger partial charge in [-0.05, 0) is 43.5 Å². The fourth-order valence-corrected chi connectivity index (χ4v) is 3.34. The molecule has 159 valence electrons. The molecule has 1 amide bonds. The summed E-state index contributed by atoms with van der Waals surface area (Å²) >= 11 is 0. The Labute approximate surface area is 182 Å². The molecule has 31 heavy (non-hydrogen) atoms. The van der Waals surface area contributed by atoms with Crippen LogP contribution in [-0.4, -0.2) is 22.2 Å². The van der Waals surface area contributed by atoms with Crippen molar-refractivity contribution in [1.29, 1.82) is 0 Å². The summed E-state index contributed by atoms with van der Waals surface area (Å²) in [5.41, 5.74) is 4.51. The van der Waals surface area contributed by atoms with Gasteiger partial charge in [-0.1, -0.05) is 55.0 Å². The molecule has 6 nitrogen and oxygen atoms in total. The number of benzene rings is 2. The molecule has 0 aliphatic heterocycles. The van der Waals surface area contributed by atoms with E-state index < -0.39 is 6.23 Å². The summed E-state index contributed by atoms with van der Waals surface area (Å²) in [6, 6.07) is 16.0. The van der Waals surface area contributed by atoms with E-state index in [-0.39, 0.29) is 17.5 Å². The summed E-state index contributed by atoms with van der Waals surface area (Å²) in [4.78, 5) is 16.4. The van der Waals surface area contributed by atoms with Gasteiger partial charge in [-0.15, -0.1) is 0 Å². The van der Waals surface area contributed by atoms with E-state index in [0.717, 1.165) is 23.1 Å². The van der Waals surface area contributed by atoms with Crippen molar-refractivity contribution in [2.24, 2.45) is 0 Å². The lowest BCUT2D eigenvalue weighted by Crippen LogP contribution is -2.20. The second kappa shape index (κ2) is 9.91. The Morgan fingerprint density at radius 2 is 1.87 bits per heavy atom. The monoisotopic (exact) mass is 416 g/mol. The molecule has 1 radical (unpaired) electrons. The van der Waals surface area contributed by atoms with Crippen molar-refractivity contribution in [3.05, 3.63) is 89.1 Å². The molecule has 0 aliphatic carbocycles. The first-order valence-electron chi connectivity index (χ1n) is 10.1. The summed E-state index contributed by atoms with van der Waals surface area (Å²) in [6.45, 7) is 5.98. The molecule has 1 heterocycles. The van der Waals surface area contributed by atoms with Crippen LogP contribution in [0, 0.1) is 13.8 Å². The lowest BCUT2D eigenvalue weighted by atomic mass is 9.96. The van der Waals surface area contributed by atoms with Crippen molar-refractivity contribution in [3.8, 4) is 5.75 Å². The maximum atomic E-state index is 13.0. The van der Waals surface area contributed by atoms with E-state index in [0.29, 0.717) is 16.8 Å². The van der Waals surface area contributed by atoms with Crippen LogP contribution in [0.25, 0.3) is 5.57 Å². The van der Waals surface area contributed by atoms with E-state index in [1.807, 2.05) is 51.1 Å². The number of amides is 1. The number of carbonyl (C=O) groups is 1. The second-order valence-electron chi connectivity index (χ2n) is 7.32. The van der Waals surface area contributed by atoms with Crippen LogP contribution in [0.3, 0.4) is 0 Å². The van der Waals surface area contributed by atoms with Crippen molar-refractivity contribution in [3.63, 3.8) is 0 Å². The number of rotatable bonds is 7. The number of anilines is 2. The molecule has 0 aliphatic rings. The fourth-order valence-electron chi connectivity index (χ4n) is 3.34. The van der Waals surface area contributed by atoms with Gasteiger partial charge in [0.15, 0.2) is 17.8 Å². The number of nitrogens with one attached hydrogen (secondary N) is 2. The van der Waals surface area contributed by atoms with Gasteiger partial charge in [-0.2, -0.15) is 0 Å². The van der Waals surface area contributed by atoms with Crippen molar-refractivity contribution in [2.75, 3.05) is 10.6 Å². The van der Waals surface area contributed by atoms with E-state index >= 15 is 0 Å². The number of allylic oxidation sites excluding steroid dienone is 1. The Morgan fingerprint density at radius 3 is 2.52 bits per heavy atom. The molecule has 0 saturated carbocycles. The zero-order chi connectivity index (χ0) is 22.4. The molecule has 0 spiro atoms. The largest absolute Gasteiger partial charge is 0.504 e. The van der Waals surface area contributed by atoms with Gasteiger partial charge >= 0.3 is 0 Å². The van der Waals surface area contributed by atoms with Gasteiger partial charge < -0.3 is 15.7 Å². The van der Waals surface area contributed by atoms with Crippen LogP contribution in [0.5, 0.6) is 5.75 Å². The number of nitrogens with zero attached hydrogens (tertiary/aromatic N) is 1. The Balaban J connectivity index is 1.76. The molecular formula is C25H26N3O3. The van der Waals surface area contributed by atoms with Crippen LogP contribution < -0.4 is 10.6 Å². The standard InChI is InChI=1S/C25H26N3O3/c1-4-8-21(20-12-11-16(2)13-17(20)3)25(31)27-19-14-22(29)23(26-15-19)28-24(30)18-9-6-5-7-10-18/h5-15,25,27,29H,4H2,1-3H3,(H,26,28,30)/b21-8-. The third-order valence-corrected chi connectivity index (χ3v) is 4.83. The maximum Gasteiger partial charge on any atom is 0.256 e. The lowest BCUT2D eigenvalue weighted by Gasteiger charge is -2.19. The fraction of sp³-hybridized carbons (Fsp3) is 0.200. The maximum absolute atomic E-state index is 13.0. The van der Waals surface area contributed by atoms with Crippen molar-refractivity contribution in [1.82, 2.24) is 4.98 Å². The highest BCUT2D eigenvalue weighted by molar-refractivity contribution is 6.04. The summed E-state index contributed by atoms with van der Waals surface area (Å²) in [5.74, 6) is -0.580. The van der Waals surface area contributed by atoms with Gasteiger partial charge in [-0.25, -0.2) is 10.1 Å². The summed E-state index contributed by atoms with van der Waals surface area (Å²) in [6.07, 6.45) is 2.80. The molecule has 2 aromatic carbocycles. The summed E-state index contributed by atoms with van der Waals surface area (Å²) < 4.78 is 0. The van der Waals surface area contributed by atoms with Crippen molar-refractivity contribution in [2.45, 2.75) is 33.4 Å². The minimum absolute atomic E-state index is 0.0283. The smallest absolute Gasteiger partial charge is 0.256 e. The lowest BCUT2D eigenvalue weighted by molar-refractivity contribution is 0.102. The highest BCUT2D eigenvalue weighted by Crippen LogP contribution is 2.28. The van der Waals surface area contributed by atoms with Crippen LogP contribution in [0.2, 0.25) is 0 Å². The number of aryl methyl sites for hydroxylation is 2. The molecule has 3 rings (SSSR count). The summed E-state index contributed by atoms with van der Waals surface area (Å²) in [7, 11) is 0. The molecule has 0 fully saturated rings. The molecule has 1 unspecified atom stereocenters. The Morgan fingerprint density at radius 1 is 1.13 bits per heavy atom. The zero-order valence-electron chi connectivity index (χ0n) is 17.8. The molecule has 1 aromatic heterocycles. The first-order chi connectivity index (χ1) is 14.9. The molecule has 0 bridgehead atoms.